The Labute approximate surface area is 117 Å². The number of nitrogens with one attached hydrogen (secondary N) is 1. The van der Waals surface area contributed by atoms with E-state index in [2.05, 4.69) is 5.32 Å². The number of aliphatic hydroxyl groups is 1. The maximum atomic E-state index is 11.8. The second-order valence-electron chi connectivity index (χ2n) is 4.53. The number of anilines is 1. The van der Waals surface area contributed by atoms with Crippen LogP contribution in [0.15, 0.2) is 46.9 Å². The molecule has 1 heterocycles. The molecule has 0 radical (unpaired) electrons. The molecule has 1 amide bonds. The van der Waals surface area contributed by atoms with Crippen molar-refractivity contribution in [2.45, 2.75) is 20.0 Å². The van der Waals surface area contributed by atoms with Crippen LogP contribution >= 0.6 is 0 Å². The topological polar surface area (TPSA) is 62.5 Å². The molecule has 1 atom stereocenters. The van der Waals surface area contributed by atoms with Crippen LogP contribution in [0.3, 0.4) is 0 Å². The number of carbonyl (C=O) groups excluding carboxylic acids is 1. The van der Waals surface area contributed by atoms with Crippen LogP contribution in [0.4, 0.5) is 5.69 Å². The summed E-state index contributed by atoms with van der Waals surface area (Å²) < 4.78 is 5.34. The van der Waals surface area contributed by atoms with E-state index in [0.717, 1.165) is 5.76 Å². The largest absolute Gasteiger partial charge is 0.462 e. The van der Waals surface area contributed by atoms with E-state index >= 15 is 0 Å². The predicted octanol–water partition coefficient (Wildman–Crippen LogP) is 3.29. The van der Waals surface area contributed by atoms with Crippen molar-refractivity contribution >= 4 is 17.7 Å². The number of carbonyl (C=O) groups is 1. The highest BCUT2D eigenvalue weighted by Gasteiger charge is 2.08. The molecule has 0 bridgehead atoms. The summed E-state index contributed by atoms with van der Waals surface area (Å²) >= 11 is 0. The van der Waals surface area contributed by atoms with Gasteiger partial charge in [0.1, 0.15) is 11.5 Å². The van der Waals surface area contributed by atoms with Gasteiger partial charge in [0.15, 0.2) is 0 Å². The average molecular weight is 271 g/mol. The molecule has 2 rings (SSSR count). The van der Waals surface area contributed by atoms with E-state index in [1.165, 1.54) is 6.08 Å². The van der Waals surface area contributed by atoms with Gasteiger partial charge in [-0.2, -0.15) is 0 Å². The first-order chi connectivity index (χ1) is 9.56. The summed E-state index contributed by atoms with van der Waals surface area (Å²) in [6, 6.07) is 10.8. The van der Waals surface area contributed by atoms with Crippen molar-refractivity contribution in [3.8, 4) is 0 Å². The van der Waals surface area contributed by atoms with E-state index in [0.29, 0.717) is 17.0 Å². The van der Waals surface area contributed by atoms with Gasteiger partial charge in [-0.1, -0.05) is 18.2 Å². The van der Waals surface area contributed by atoms with Gasteiger partial charge in [0.2, 0.25) is 5.91 Å². The highest BCUT2D eigenvalue weighted by atomic mass is 16.3. The van der Waals surface area contributed by atoms with Gasteiger partial charge in [-0.25, -0.2) is 0 Å². The van der Waals surface area contributed by atoms with Crippen LogP contribution in [0, 0.1) is 6.92 Å². The van der Waals surface area contributed by atoms with Crippen molar-refractivity contribution in [3.05, 3.63) is 59.6 Å². The Kier molecular flexibility index (Phi) is 4.38. The molecule has 104 valence electrons. The molecular formula is C16H17NO3. The van der Waals surface area contributed by atoms with Gasteiger partial charge in [-0.15, -0.1) is 0 Å². The fourth-order valence-electron chi connectivity index (χ4n) is 1.85. The smallest absolute Gasteiger partial charge is 0.248 e. The zero-order chi connectivity index (χ0) is 14.5. The van der Waals surface area contributed by atoms with Crippen molar-refractivity contribution in [2.75, 3.05) is 5.32 Å². The minimum absolute atomic E-state index is 0.271. The summed E-state index contributed by atoms with van der Waals surface area (Å²) in [5.74, 6) is 1.15. The summed E-state index contributed by atoms with van der Waals surface area (Å²) in [6.07, 6.45) is 2.37. The standard InChI is InChI=1S/C16H17NO3/c1-11-7-8-13(20-11)9-10-16(19)17-15-6-4-3-5-14(15)12(2)18/h3-10,12,18H,1-2H3,(H,17,19)/b10-9+. The molecule has 2 N–H and O–H groups in total. The second-order valence-corrected chi connectivity index (χ2v) is 4.53. The highest BCUT2D eigenvalue weighted by Crippen LogP contribution is 2.22. The van der Waals surface area contributed by atoms with Crippen LogP contribution in [-0.2, 0) is 4.79 Å². The molecule has 20 heavy (non-hydrogen) atoms. The molecule has 1 unspecified atom stereocenters. The van der Waals surface area contributed by atoms with Gasteiger partial charge < -0.3 is 14.8 Å². The molecule has 0 saturated carbocycles. The number of amides is 1. The Hall–Kier alpha value is -2.33. The predicted molar refractivity (Wildman–Crippen MR) is 78.2 cm³/mol. The van der Waals surface area contributed by atoms with Crippen LogP contribution in [0.1, 0.15) is 30.1 Å². The first kappa shape index (κ1) is 14.1. The van der Waals surface area contributed by atoms with Crippen LogP contribution in [0.5, 0.6) is 0 Å². The zero-order valence-electron chi connectivity index (χ0n) is 11.5. The molecular weight excluding hydrogens is 254 g/mol. The van der Waals surface area contributed by atoms with Gasteiger partial charge in [-0.3, -0.25) is 4.79 Å². The van der Waals surface area contributed by atoms with Gasteiger partial charge in [0, 0.05) is 17.3 Å². The lowest BCUT2D eigenvalue weighted by molar-refractivity contribution is -0.111. The Balaban J connectivity index is 2.07. The monoisotopic (exact) mass is 271 g/mol. The van der Waals surface area contributed by atoms with Gasteiger partial charge in [-0.05, 0) is 38.1 Å². The molecule has 4 heteroatoms. The number of aliphatic hydroxyl groups excluding tert-OH is 1. The lowest BCUT2D eigenvalue weighted by atomic mass is 10.1. The van der Waals surface area contributed by atoms with E-state index < -0.39 is 6.10 Å². The third-order valence-corrected chi connectivity index (χ3v) is 2.83. The lowest BCUT2D eigenvalue weighted by Gasteiger charge is -2.11. The Morgan fingerprint density at radius 2 is 2.05 bits per heavy atom. The average Bonchev–Trinajstić information content (AvgIpc) is 2.83. The number of aryl methyl sites for hydroxylation is 1. The Morgan fingerprint density at radius 1 is 1.30 bits per heavy atom. The van der Waals surface area contributed by atoms with Crippen LogP contribution < -0.4 is 5.32 Å². The fourth-order valence-corrected chi connectivity index (χ4v) is 1.85. The van der Waals surface area contributed by atoms with E-state index in [4.69, 9.17) is 4.42 Å². The van der Waals surface area contributed by atoms with Crippen molar-refractivity contribution in [1.82, 2.24) is 0 Å². The van der Waals surface area contributed by atoms with E-state index in [9.17, 15) is 9.90 Å². The van der Waals surface area contributed by atoms with Crippen molar-refractivity contribution in [3.63, 3.8) is 0 Å². The van der Waals surface area contributed by atoms with E-state index in [-0.39, 0.29) is 5.91 Å². The van der Waals surface area contributed by atoms with Crippen LogP contribution in [-0.4, -0.2) is 11.0 Å². The summed E-state index contributed by atoms with van der Waals surface area (Å²) in [6.45, 7) is 3.50. The molecule has 4 nitrogen and oxygen atoms in total. The normalized spacial score (nSPS) is 12.6. The molecule has 0 aliphatic rings. The minimum Gasteiger partial charge on any atom is -0.462 e. The highest BCUT2D eigenvalue weighted by molar-refractivity contribution is 6.02. The number of para-hydroxylation sites is 1. The molecule has 1 aromatic carbocycles. The number of furan rings is 1. The maximum absolute atomic E-state index is 11.8. The maximum Gasteiger partial charge on any atom is 0.248 e. The van der Waals surface area contributed by atoms with E-state index in [1.54, 1.807) is 37.3 Å². The Bertz CT molecular complexity index is 626. The van der Waals surface area contributed by atoms with Crippen molar-refractivity contribution < 1.29 is 14.3 Å². The zero-order valence-corrected chi connectivity index (χ0v) is 11.5. The molecule has 0 fully saturated rings. The molecule has 0 aliphatic carbocycles. The van der Waals surface area contributed by atoms with Gasteiger partial charge in [0.05, 0.1) is 6.10 Å². The SMILES string of the molecule is Cc1ccc(/C=C/C(=O)Nc2ccccc2C(C)O)o1. The summed E-state index contributed by atoms with van der Waals surface area (Å²) in [7, 11) is 0. The van der Waals surface area contributed by atoms with Crippen LogP contribution in [0.25, 0.3) is 6.08 Å². The van der Waals surface area contributed by atoms with Gasteiger partial charge >= 0.3 is 0 Å². The van der Waals surface area contributed by atoms with Crippen LogP contribution in [0.2, 0.25) is 0 Å². The number of rotatable bonds is 4. The molecule has 0 saturated heterocycles. The summed E-state index contributed by atoms with van der Waals surface area (Å²) in [5.41, 5.74) is 1.29. The first-order valence-electron chi connectivity index (χ1n) is 6.39. The molecule has 0 spiro atoms. The third-order valence-electron chi connectivity index (χ3n) is 2.83. The number of hydrogen-bond donors (Lipinski definition) is 2. The molecule has 1 aromatic heterocycles. The molecule has 0 aliphatic heterocycles. The fraction of sp³-hybridized carbons (Fsp3) is 0.188. The first-order valence-corrected chi connectivity index (χ1v) is 6.39. The lowest BCUT2D eigenvalue weighted by Crippen LogP contribution is -2.10. The number of hydrogen-bond acceptors (Lipinski definition) is 3. The van der Waals surface area contributed by atoms with Gasteiger partial charge in [0.25, 0.3) is 0 Å². The summed E-state index contributed by atoms with van der Waals surface area (Å²) in [5, 5.41) is 12.4. The second kappa shape index (κ2) is 6.21. The van der Waals surface area contributed by atoms with Crippen molar-refractivity contribution in [1.29, 1.82) is 0 Å². The summed E-state index contributed by atoms with van der Waals surface area (Å²) in [4.78, 5) is 11.8. The number of benzene rings is 1. The Morgan fingerprint density at radius 3 is 2.70 bits per heavy atom. The van der Waals surface area contributed by atoms with E-state index in [1.807, 2.05) is 19.1 Å². The minimum atomic E-state index is -0.636. The quantitative estimate of drug-likeness (QED) is 0.839. The molecule has 2 aromatic rings. The third kappa shape index (κ3) is 3.59. The van der Waals surface area contributed by atoms with Crippen molar-refractivity contribution in [2.24, 2.45) is 0 Å².